The zero-order valence-electron chi connectivity index (χ0n) is 41.7. The first-order chi connectivity index (χ1) is 31.9. The van der Waals surface area contributed by atoms with Gasteiger partial charge in [0.15, 0.2) is 0 Å². The van der Waals surface area contributed by atoms with Gasteiger partial charge in [0.05, 0.1) is 16.1 Å². The summed E-state index contributed by atoms with van der Waals surface area (Å²) < 4.78 is 0. The molecule has 0 spiro atoms. The van der Waals surface area contributed by atoms with E-state index in [0.717, 1.165) is 0 Å². The number of hydrogen-bond acceptors (Lipinski definition) is 2. The fourth-order valence-electron chi connectivity index (χ4n) is 10.7. The Labute approximate surface area is 402 Å². The van der Waals surface area contributed by atoms with Gasteiger partial charge in [-0.3, -0.25) is 0 Å². The van der Waals surface area contributed by atoms with Crippen molar-refractivity contribution in [1.29, 1.82) is 0 Å². The van der Waals surface area contributed by atoms with Gasteiger partial charge in [0.1, 0.15) is 0 Å². The summed E-state index contributed by atoms with van der Waals surface area (Å²) in [5.41, 5.74) is 15.0. The number of fused-ring (bicyclic) bond motifs is 9. The van der Waals surface area contributed by atoms with E-state index in [4.69, 9.17) is 0 Å². The summed E-state index contributed by atoms with van der Waals surface area (Å²) in [6, 6.07) is 65.5. The summed E-state index contributed by atoms with van der Waals surface area (Å²) >= 11 is 0. The highest BCUT2D eigenvalue weighted by atomic mass is 28.3. The van der Waals surface area contributed by atoms with Crippen LogP contribution in [0.2, 0.25) is 39.3 Å². The van der Waals surface area contributed by atoms with E-state index in [1.165, 1.54) is 110 Å². The Morgan fingerprint density at radius 3 is 1.30 bits per heavy atom. The van der Waals surface area contributed by atoms with Crippen LogP contribution >= 0.6 is 0 Å². The van der Waals surface area contributed by atoms with Crippen molar-refractivity contribution in [3.05, 3.63) is 192 Å². The maximum Gasteiger partial charge on any atom is 0.0775 e. The van der Waals surface area contributed by atoms with Crippen LogP contribution in [-0.2, 0) is 5.41 Å². The lowest BCUT2D eigenvalue weighted by molar-refractivity contribution is 0.667. The average molecular weight is 907 g/mol. The molecule has 1 aliphatic carbocycles. The molecule has 0 bridgehead atoms. The Morgan fingerprint density at radius 1 is 0.388 bits per heavy atom. The van der Waals surface area contributed by atoms with Crippen molar-refractivity contribution < 1.29 is 0 Å². The molecule has 0 N–H and O–H groups in total. The van der Waals surface area contributed by atoms with Crippen LogP contribution in [-0.4, -0.2) is 16.1 Å². The van der Waals surface area contributed by atoms with E-state index < -0.39 is 16.1 Å². The highest BCUT2D eigenvalue weighted by Crippen LogP contribution is 2.56. The van der Waals surface area contributed by atoms with Crippen molar-refractivity contribution in [2.24, 2.45) is 0 Å². The van der Waals surface area contributed by atoms with Crippen LogP contribution in [0.4, 0.5) is 34.1 Å². The quantitative estimate of drug-likeness (QED) is 0.0996. The number of rotatable bonds is 10. The Balaban J connectivity index is 1.12. The molecule has 4 heteroatoms. The standard InChI is InChI=1S/C63H66N2Si2/c1-41(2)43-17-22-47(23-18-43)64(49-27-32-53(33-28-49)66(7,8)9)51-26-21-45-38-59-60(39-46(45)37-51)63(5,6)62-57-36-31-52(40-58(57)55-15-13-14-16-56(55)61(59)62)65(48-24-19-44(20-25-48)42(3)4)50-29-34-54(35-30-50)67(10,11)12/h13-42H,1-12H3. The lowest BCUT2D eigenvalue weighted by Gasteiger charge is -2.28. The van der Waals surface area contributed by atoms with Crippen LogP contribution in [0.3, 0.4) is 0 Å². The number of anilines is 6. The summed E-state index contributed by atoms with van der Waals surface area (Å²) in [5.74, 6) is 0.949. The normalized spacial score (nSPS) is 13.5. The summed E-state index contributed by atoms with van der Waals surface area (Å²) in [7, 11) is -2.93. The first-order valence-electron chi connectivity index (χ1n) is 24.5. The third kappa shape index (κ3) is 7.92. The predicted molar refractivity (Wildman–Crippen MR) is 300 cm³/mol. The second-order valence-corrected chi connectivity index (χ2v) is 32.5. The van der Waals surface area contributed by atoms with Crippen molar-refractivity contribution in [3.63, 3.8) is 0 Å². The third-order valence-corrected chi connectivity index (χ3v) is 18.8. The van der Waals surface area contributed by atoms with Crippen LogP contribution in [0, 0.1) is 0 Å². The van der Waals surface area contributed by atoms with Crippen molar-refractivity contribution in [1.82, 2.24) is 0 Å². The SMILES string of the molecule is CC(C)c1ccc(N(c2ccc([Si](C)(C)C)cc2)c2ccc3cc4c(cc3c2)C(C)(C)c2c-4c3ccccc3c3cc(N(c4ccc(C(C)C)cc4)c4ccc([Si](C)(C)C)cc4)ccc23)cc1. The molecule has 0 radical (unpaired) electrons. The summed E-state index contributed by atoms with van der Waals surface area (Å²) in [4.78, 5) is 4.89. The van der Waals surface area contributed by atoms with Crippen LogP contribution in [0.5, 0.6) is 0 Å². The minimum Gasteiger partial charge on any atom is -0.310 e. The van der Waals surface area contributed by atoms with E-state index in [1.807, 2.05) is 0 Å². The van der Waals surface area contributed by atoms with E-state index in [2.05, 4.69) is 260 Å². The Morgan fingerprint density at radius 2 is 0.821 bits per heavy atom. The summed E-state index contributed by atoms with van der Waals surface area (Å²) in [6.45, 7) is 28.5. The number of nitrogens with zero attached hydrogens (tertiary/aromatic N) is 2. The van der Waals surface area contributed by atoms with E-state index >= 15 is 0 Å². The van der Waals surface area contributed by atoms with Crippen LogP contribution in [0.1, 0.15) is 75.6 Å². The van der Waals surface area contributed by atoms with Gasteiger partial charge in [-0.25, -0.2) is 0 Å². The Kier molecular flexibility index (Phi) is 11.0. The second-order valence-electron chi connectivity index (χ2n) is 22.3. The maximum atomic E-state index is 2.50. The molecule has 2 nitrogen and oxygen atoms in total. The molecular weight excluding hydrogens is 841 g/mol. The van der Waals surface area contributed by atoms with Gasteiger partial charge in [-0.2, -0.15) is 0 Å². The smallest absolute Gasteiger partial charge is 0.0775 e. The molecule has 0 fully saturated rings. The zero-order valence-corrected chi connectivity index (χ0v) is 43.7. The first-order valence-corrected chi connectivity index (χ1v) is 31.5. The fraction of sp³-hybridized carbons (Fsp3) is 0.238. The van der Waals surface area contributed by atoms with Gasteiger partial charge in [0.2, 0.25) is 0 Å². The van der Waals surface area contributed by atoms with Crippen molar-refractivity contribution >= 4 is 93.0 Å². The molecule has 67 heavy (non-hydrogen) atoms. The van der Waals surface area contributed by atoms with Gasteiger partial charge in [0, 0.05) is 39.5 Å². The van der Waals surface area contributed by atoms with Crippen LogP contribution in [0.25, 0.3) is 43.4 Å². The molecule has 1 aliphatic rings. The number of hydrogen-bond donors (Lipinski definition) is 0. The van der Waals surface area contributed by atoms with E-state index in [0.29, 0.717) is 11.8 Å². The maximum absolute atomic E-state index is 2.50. The average Bonchev–Trinajstić information content (AvgIpc) is 3.54. The number of benzene rings is 9. The third-order valence-electron chi connectivity index (χ3n) is 14.7. The molecule has 0 unspecified atom stereocenters. The van der Waals surface area contributed by atoms with Gasteiger partial charge in [-0.15, -0.1) is 0 Å². The van der Waals surface area contributed by atoms with Crippen molar-refractivity contribution in [3.8, 4) is 11.1 Å². The second kappa shape index (κ2) is 16.5. The minimum absolute atomic E-state index is 0.239. The van der Waals surface area contributed by atoms with E-state index in [9.17, 15) is 0 Å². The molecule has 0 saturated carbocycles. The summed E-state index contributed by atoms with van der Waals surface area (Å²) in [6.07, 6.45) is 0. The molecule has 9 aromatic carbocycles. The van der Waals surface area contributed by atoms with Crippen LogP contribution < -0.4 is 20.2 Å². The van der Waals surface area contributed by atoms with E-state index in [1.54, 1.807) is 0 Å². The van der Waals surface area contributed by atoms with Gasteiger partial charge in [-0.1, -0.05) is 176 Å². The molecule has 9 aromatic rings. The van der Waals surface area contributed by atoms with Gasteiger partial charge < -0.3 is 9.80 Å². The molecule has 0 amide bonds. The molecule has 0 heterocycles. The molecule has 0 aromatic heterocycles. The fourth-order valence-corrected chi connectivity index (χ4v) is 13.0. The topological polar surface area (TPSA) is 6.48 Å². The minimum atomic E-state index is -1.47. The Bertz CT molecular complexity index is 3310. The highest BCUT2D eigenvalue weighted by Gasteiger charge is 2.39. The predicted octanol–water partition coefficient (Wildman–Crippen LogP) is 17.7. The lowest BCUT2D eigenvalue weighted by atomic mass is 9.79. The highest BCUT2D eigenvalue weighted by molar-refractivity contribution is 6.89. The van der Waals surface area contributed by atoms with Gasteiger partial charge in [0.25, 0.3) is 0 Å². The van der Waals surface area contributed by atoms with Crippen molar-refractivity contribution in [2.75, 3.05) is 9.80 Å². The molecule has 0 saturated heterocycles. The van der Waals surface area contributed by atoms with Crippen LogP contribution in [0.15, 0.2) is 170 Å². The van der Waals surface area contributed by atoms with E-state index in [-0.39, 0.29) is 5.41 Å². The zero-order chi connectivity index (χ0) is 47.2. The van der Waals surface area contributed by atoms with Crippen molar-refractivity contribution in [2.45, 2.75) is 98.1 Å². The monoisotopic (exact) mass is 906 g/mol. The Hall–Kier alpha value is -6.21. The molecule has 0 aliphatic heterocycles. The first kappa shape index (κ1) is 44.6. The largest absolute Gasteiger partial charge is 0.310 e. The molecule has 0 atom stereocenters. The summed E-state index contributed by atoms with van der Waals surface area (Å²) in [5, 5.41) is 10.7. The molecular formula is C63H66N2Si2. The van der Waals surface area contributed by atoms with Gasteiger partial charge >= 0.3 is 0 Å². The van der Waals surface area contributed by atoms with Gasteiger partial charge in [-0.05, 0) is 162 Å². The molecule has 10 rings (SSSR count). The molecule has 336 valence electrons. The lowest BCUT2D eigenvalue weighted by Crippen LogP contribution is -2.37.